The monoisotopic (exact) mass is 297 g/mol. The van der Waals surface area contributed by atoms with Gasteiger partial charge >= 0.3 is 6.09 Å². The molecule has 5 heteroatoms. The number of amides is 1. The standard InChI is InChI=1S/C15H20ClNO3/c1-10(18)13(15(2,3)4)17-14(19)20-9-11-7-5-6-8-12(11)16/h5-8,13H,9H2,1-4H3,(H,17,19). The number of halogens is 1. The molecule has 1 atom stereocenters. The van der Waals surface area contributed by atoms with Crippen molar-refractivity contribution in [3.63, 3.8) is 0 Å². The van der Waals surface area contributed by atoms with E-state index in [1.807, 2.05) is 26.8 Å². The van der Waals surface area contributed by atoms with Crippen molar-refractivity contribution in [2.24, 2.45) is 5.41 Å². The van der Waals surface area contributed by atoms with Gasteiger partial charge in [-0.15, -0.1) is 0 Å². The van der Waals surface area contributed by atoms with Crippen molar-refractivity contribution >= 4 is 23.5 Å². The largest absolute Gasteiger partial charge is 0.445 e. The lowest BCUT2D eigenvalue weighted by Gasteiger charge is -2.28. The molecular weight excluding hydrogens is 278 g/mol. The highest BCUT2D eigenvalue weighted by Crippen LogP contribution is 2.20. The number of hydrogen-bond acceptors (Lipinski definition) is 3. The molecule has 0 spiro atoms. The van der Waals surface area contributed by atoms with Gasteiger partial charge in [0, 0.05) is 10.6 Å². The zero-order valence-electron chi connectivity index (χ0n) is 12.2. The maximum absolute atomic E-state index is 11.8. The molecule has 0 radical (unpaired) electrons. The zero-order chi connectivity index (χ0) is 15.3. The summed E-state index contributed by atoms with van der Waals surface area (Å²) in [6, 6.07) is 6.54. The first kappa shape index (κ1) is 16.5. The highest BCUT2D eigenvalue weighted by atomic mass is 35.5. The molecule has 1 amide bonds. The van der Waals surface area contributed by atoms with Crippen molar-refractivity contribution in [2.45, 2.75) is 40.3 Å². The van der Waals surface area contributed by atoms with Crippen LogP contribution in [0.4, 0.5) is 4.79 Å². The Balaban J connectivity index is 2.60. The molecule has 0 heterocycles. The van der Waals surface area contributed by atoms with Crippen molar-refractivity contribution in [1.29, 1.82) is 0 Å². The first-order chi connectivity index (χ1) is 9.21. The summed E-state index contributed by atoms with van der Waals surface area (Å²) < 4.78 is 5.10. The van der Waals surface area contributed by atoms with Crippen LogP contribution in [0.25, 0.3) is 0 Å². The number of Topliss-reactive ketones (excluding diaryl/α,β-unsaturated/α-hetero) is 1. The Hall–Kier alpha value is -1.55. The number of carbonyl (C=O) groups excluding carboxylic acids is 2. The summed E-state index contributed by atoms with van der Waals surface area (Å²) in [6.45, 7) is 7.17. The van der Waals surface area contributed by atoms with Gasteiger partial charge in [0.05, 0.1) is 6.04 Å². The van der Waals surface area contributed by atoms with E-state index in [1.54, 1.807) is 18.2 Å². The molecular formula is C15H20ClNO3. The predicted octanol–water partition coefficient (Wildman–Crippen LogP) is 3.57. The molecule has 1 N–H and O–H groups in total. The van der Waals surface area contributed by atoms with E-state index in [-0.39, 0.29) is 17.8 Å². The summed E-state index contributed by atoms with van der Waals surface area (Å²) in [7, 11) is 0. The lowest BCUT2D eigenvalue weighted by atomic mass is 9.85. The Kier molecular flexibility index (Phi) is 5.57. The molecule has 0 aliphatic heterocycles. The summed E-state index contributed by atoms with van der Waals surface area (Å²) in [5.74, 6) is -0.104. The van der Waals surface area contributed by atoms with Gasteiger partial charge in [-0.1, -0.05) is 50.6 Å². The van der Waals surface area contributed by atoms with Gasteiger partial charge in [-0.3, -0.25) is 4.79 Å². The van der Waals surface area contributed by atoms with Crippen LogP contribution in [-0.2, 0) is 16.1 Å². The maximum Gasteiger partial charge on any atom is 0.408 e. The summed E-state index contributed by atoms with van der Waals surface area (Å²) in [5, 5.41) is 3.13. The minimum atomic E-state index is -0.625. The fraction of sp³-hybridized carbons (Fsp3) is 0.467. The van der Waals surface area contributed by atoms with Gasteiger partial charge in [-0.05, 0) is 18.4 Å². The molecule has 0 aromatic heterocycles. The van der Waals surface area contributed by atoms with Crippen molar-refractivity contribution in [1.82, 2.24) is 5.32 Å². The van der Waals surface area contributed by atoms with Gasteiger partial charge in [0.2, 0.25) is 0 Å². The third-order valence-electron chi connectivity index (χ3n) is 2.85. The second kappa shape index (κ2) is 6.75. The quantitative estimate of drug-likeness (QED) is 0.924. The summed E-state index contributed by atoms with van der Waals surface area (Å²) in [6.07, 6.45) is -0.625. The van der Waals surface area contributed by atoms with Gasteiger partial charge in [-0.2, -0.15) is 0 Å². The van der Waals surface area contributed by atoms with Gasteiger partial charge in [0.25, 0.3) is 0 Å². The van der Waals surface area contributed by atoms with Crippen LogP contribution in [0.2, 0.25) is 5.02 Å². The number of alkyl carbamates (subject to hydrolysis) is 1. The van der Waals surface area contributed by atoms with Crippen LogP contribution in [0.15, 0.2) is 24.3 Å². The molecule has 0 aliphatic rings. The van der Waals surface area contributed by atoms with E-state index in [9.17, 15) is 9.59 Å². The van der Waals surface area contributed by atoms with E-state index in [4.69, 9.17) is 16.3 Å². The predicted molar refractivity (Wildman–Crippen MR) is 78.7 cm³/mol. The van der Waals surface area contributed by atoms with Gasteiger partial charge in [-0.25, -0.2) is 4.79 Å². The maximum atomic E-state index is 11.8. The van der Waals surface area contributed by atoms with Crippen LogP contribution in [0.1, 0.15) is 33.3 Å². The smallest absolute Gasteiger partial charge is 0.408 e. The first-order valence-corrected chi connectivity index (χ1v) is 6.76. The van der Waals surface area contributed by atoms with Crippen LogP contribution >= 0.6 is 11.6 Å². The molecule has 110 valence electrons. The summed E-state index contributed by atoms with van der Waals surface area (Å²) >= 11 is 5.97. The van der Waals surface area contributed by atoms with E-state index < -0.39 is 12.1 Å². The first-order valence-electron chi connectivity index (χ1n) is 6.39. The molecule has 1 aromatic carbocycles. The molecule has 1 unspecified atom stereocenters. The summed E-state index contributed by atoms with van der Waals surface area (Å²) in [4.78, 5) is 23.3. The Morgan fingerprint density at radius 3 is 2.40 bits per heavy atom. The minimum Gasteiger partial charge on any atom is -0.445 e. The van der Waals surface area contributed by atoms with Gasteiger partial charge < -0.3 is 10.1 Å². The molecule has 0 fully saturated rings. The average molecular weight is 298 g/mol. The number of carbonyl (C=O) groups is 2. The number of ether oxygens (including phenoxy) is 1. The van der Waals surface area contributed by atoms with Crippen LogP contribution in [-0.4, -0.2) is 17.9 Å². The highest BCUT2D eigenvalue weighted by Gasteiger charge is 2.30. The van der Waals surface area contributed by atoms with Crippen molar-refractivity contribution in [3.05, 3.63) is 34.9 Å². The zero-order valence-corrected chi connectivity index (χ0v) is 13.0. The van der Waals surface area contributed by atoms with E-state index in [0.717, 1.165) is 5.56 Å². The fourth-order valence-electron chi connectivity index (χ4n) is 1.85. The lowest BCUT2D eigenvalue weighted by Crippen LogP contribution is -2.48. The number of hydrogen-bond donors (Lipinski definition) is 1. The van der Waals surface area contributed by atoms with E-state index in [0.29, 0.717) is 5.02 Å². The van der Waals surface area contributed by atoms with E-state index in [1.165, 1.54) is 6.92 Å². The van der Waals surface area contributed by atoms with Gasteiger partial charge in [0.1, 0.15) is 6.61 Å². The van der Waals surface area contributed by atoms with Gasteiger partial charge in [0.15, 0.2) is 5.78 Å². The Morgan fingerprint density at radius 2 is 1.90 bits per heavy atom. The van der Waals surface area contributed by atoms with E-state index >= 15 is 0 Å². The molecule has 1 aromatic rings. The van der Waals surface area contributed by atoms with Crippen molar-refractivity contribution in [3.8, 4) is 0 Å². The summed E-state index contributed by atoms with van der Waals surface area (Å²) in [5.41, 5.74) is 0.356. The SMILES string of the molecule is CC(=O)C(NC(=O)OCc1ccccc1Cl)C(C)(C)C. The van der Waals surface area contributed by atoms with Crippen LogP contribution < -0.4 is 5.32 Å². The van der Waals surface area contributed by atoms with Crippen molar-refractivity contribution < 1.29 is 14.3 Å². The number of ketones is 1. The molecule has 20 heavy (non-hydrogen) atoms. The second-order valence-corrected chi connectivity index (χ2v) is 6.13. The highest BCUT2D eigenvalue weighted by molar-refractivity contribution is 6.31. The van der Waals surface area contributed by atoms with Crippen LogP contribution in [0.3, 0.4) is 0 Å². The molecule has 0 bridgehead atoms. The molecule has 4 nitrogen and oxygen atoms in total. The van der Waals surface area contributed by atoms with E-state index in [2.05, 4.69) is 5.32 Å². The third-order valence-corrected chi connectivity index (χ3v) is 3.22. The normalized spacial score (nSPS) is 12.7. The Bertz CT molecular complexity index is 494. The number of nitrogens with one attached hydrogen (secondary N) is 1. The fourth-order valence-corrected chi connectivity index (χ4v) is 2.04. The average Bonchev–Trinajstić information content (AvgIpc) is 2.33. The lowest BCUT2D eigenvalue weighted by molar-refractivity contribution is -0.121. The number of benzene rings is 1. The Morgan fingerprint density at radius 1 is 1.30 bits per heavy atom. The third kappa shape index (κ3) is 4.85. The molecule has 0 saturated heterocycles. The Labute approximate surface area is 124 Å². The minimum absolute atomic E-state index is 0.0697. The number of rotatable bonds is 4. The topological polar surface area (TPSA) is 55.4 Å². The van der Waals surface area contributed by atoms with Crippen LogP contribution in [0.5, 0.6) is 0 Å². The molecule has 0 aliphatic carbocycles. The molecule has 1 rings (SSSR count). The second-order valence-electron chi connectivity index (χ2n) is 5.72. The van der Waals surface area contributed by atoms with Crippen molar-refractivity contribution in [2.75, 3.05) is 0 Å². The molecule has 0 saturated carbocycles. The van der Waals surface area contributed by atoms with Crippen LogP contribution in [0, 0.1) is 5.41 Å².